The van der Waals surface area contributed by atoms with Gasteiger partial charge in [0.05, 0.1) is 4.90 Å². The van der Waals surface area contributed by atoms with E-state index in [2.05, 4.69) is 30.6 Å². The van der Waals surface area contributed by atoms with Crippen LogP contribution >= 0.6 is 0 Å². The van der Waals surface area contributed by atoms with Gasteiger partial charge in [-0.25, -0.2) is 8.42 Å². The van der Waals surface area contributed by atoms with Crippen LogP contribution in [0.1, 0.15) is 29.6 Å². The van der Waals surface area contributed by atoms with Crippen molar-refractivity contribution in [3.05, 3.63) is 60.2 Å². The molecule has 37 heavy (non-hydrogen) atoms. The van der Waals surface area contributed by atoms with Crippen LogP contribution in [0.5, 0.6) is 0 Å². The number of benzene rings is 2. The molecule has 2 heterocycles. The van der Waals surface area contributed by atoms with E-state index in [-0.39, 0.29) is 10.9 Å². The van der Waals surface area contributed by atoms with E-state index in [1.54, 1.807) is 36.4 Å². The minimum atomic E-state index is -4.06. The summed E-state index contributed by atoms with van der Waals surface area (Å²) in [5.74, 6) is -1.04. The van der Waals surface area contributed by atoms with Crippen LogP contribution in [0.3, 0.4) is 0 Å². The number of anilines is 1. The molecule has 11 nitrogen and oxygen atoms in total. The number of hydrogen-bond acceptors (Lipinski definition) is 8. The summed E-state index contributed by atoms with van der Waals surface area (Å²) in [6.45, 7) is 2.93. The Balaban J connectivity index is 1.36. The zero-order valence-corrected chi connectivity index (χ0v) is 21.2. The molecule has 2 aliphatic rings. The molecule has 12 heteroatoms. The molecule has 2 atom stereocenters. The van der Waals surface area contributed by atoms with Crippen molar-refractivity contribution in [3.63, 3.8) is 0 Å². The summed E-state index contributed by atoms with van der Waals surface area (Å²) in [5.41, 5.74) is 1.25. The van der Waals surface area contributed by atoms with E-state index in [1.165, 1.54) is 12.1 Å². The molecule has 0 aliphatic carbocycles. The van der Waals surface area contributed by atoms with Gasteiger partial charge in [0.1, 0.15) is 6.04 Å². The maximum Gasteiger partial charge on any atom is 0.323 e. The van der Waals surface area contributed by atoms with Crippen molar-refractivity contribution >= 4 is 33.5 Å². The second-order valence-corrected chi connectivity index (χ2v) is 10.7. The smallest absolute Gasteiger partial charge is 0.323 e. The molecule has 0 unspecified atom stereocenters. The summed E-state index contributed by atoms with van der Waals surface area (Å²) in [7, 11) is -4.06. The minimum absolute atomic E-state index is 0.0547. The number of amides is 1. The van der Waals surface area contributed by atoms with E-state index in [0.29, 0.717) is 5.56 Å². The Kier molecular flexibility index (Phi) is 8.62. The number of rotatable bonds is 9. The molecule has 5 N–H and O–H groups in total. The topological polar surface area (TPSA) is 152 Å². The lowest BCUT2D eigenvalue weighted by molar-refractivity contribution is -0.138. The first-order valence-corrected chi connectivity index (χ1v) is 13.8. The summed E-state index contributed by atoms with van der Waals surface area (Å²) in [5, 5.41) is 18.8. The SMILES string of the molecule is O=C(NC[C@H](NS(=O)(=O)c1ccccc1)C(=O)O)c1cccc(N2CCC[C@@H](NC3=NCCCN3)C2)c1. The molecule has 1 fully saturated rings. The van der Waals surface area contributed by atoms with Gasteiger partial charge in [0.2, 0.25) is 10.0 Å². The number of piperidine rings is 1. The molecule has 2 aliphatic heterocycles. The highest BCUT2D eigenvalue weighted by atomic mass is 32.2. The van der Waals surface area contributed by atoms with Gasteiger partial charge in [-0.05, 0) is 49.6 Å². The number of guanidine groups is 1. The second kappa shape index (κ2) is 12.1. The number of aliphatic imine (C=N–C) groups is 1. The van der Waals surface area contributed by atoms with E-state index in [0.717, 1.165) is 57.1 Å². The Morgan fingerprint density at radius 2 is 1.95 bits per heavy atom. The lowest BCUT2D eigenvalue weighted by Crippen LogP contribution is -2.52. The zero-order chi connectivity index (χ0) is 26.3. The maximum atomic E-state index is 12.8. The average Bonchev–Trinajstić information content (AvgIpc) is 2.92. The van der Waals surface area contributed by atoms with Gasteiger partial charge in [0.25, 0.3) is 5.91 Å². The summed E-state index contributed by atoms with van der Waals surface area (Å²) in [6.07, 6.45) is 3.04. The van der Waals surface area contributed by atoms with Gasteiger partial charge in [0.15, 0.2) is 5.96 Å². The second-order valence-electron chi connectivity index (χ2n) is 9.03. The van der Waals surface area contributed by atoms with Crippen molar-refractivity contribution in [3.8, 4) is 0 Å². The van der Waals surface area contributed by atoms with E-state index < -0.39 is 34.5 Å². The van der Waals surface area contributed by atoms with Crippen molar-refractivity contribution in [1.29, 1.82) is 0 Å². The first kappa shape index (κ1) is 26.4. The molecule has 0 saturated carbocycles. The van der Waals surface area contributed by atoms with Gasteiger partial charge < -0.3 is 26.0 Å². The third-order valence-corrected chi connectivity index (χ3v) is 7.74. The molecule has 2 aromatic carbocycles. The fourth-order valence-corrected chi connectivity index (χ4v) is 5.54. The third-order valence-electron chi connectivity index (χ3n) is 6.25. The highest BCUT2D eigenvalue weighted by molar-refractivity contribution is 7.89. The number of hydrogen-bond donors (Lipinski definition) is 5. The number of carboxylic acid groups (broad SMARTS) is 1. The Hall–Kier alpha value is -3.64. The molecule has 1 saturated heterocycles. The normalized spacial score (nSPS) is 18.8. The van der Waals surface area contributed by atoms with Crippen LogP contribution < -0.4 is 25.6 Å². The predicted molar refractivity (Wildman–Crippen MR) is 140 cm³/mol. The van der Waals surface area contributed by atoms with Crippen molar-refractivity contribution in [2.24, 2.45) is 4.99 Å². The molecular formula is C25H32N6O5S. The standard InChI is InChI=1S/C25H32N6O5S/c32-23(28-16-22(24(33)34)30-37(35,36)21-10-2-1-3-11-21)18-7-4-9-20(15-18)31-14-5-8-19(17-31)29-25-26-12-6-13-27-25/h1-4,7,9-11,15,19,22,30H,5-6,8,12-14,16-17H2,(H,28,32)(H,33,34)(H2,26,27,29)/t19-,22+/m1/s1. The number of sulfonamides is 1. The Labute approximate surface area is 216 Å². The maximum absolute atomic E-state index is 12.8. The van der Waals surface area contributed by atoms with Crippen LogP contribution in [0, 0.1) is 0 Å². The van der Waals surface area contributed by atoms with E-state index >= 15 is 0 Å². The number of nitrogens with one attached hydrogen (secondary N) is 4. The lowest BCUT2D eigenvalue weighted by Gasteiger charge is -2.36. The van der Waals surface area contributed by atoms with Gasteiger partial charge in [0, 0.05) is 50.0 Å². The Morgan fingerprint density at radius 1 is 1.14 bits per heavy atom. The van der Waals surface area contributed by atoms with Gasteiger partial charge in [-0.1, -0.05) is 24.3 Å². The highest BCUT2D eigenvalue weighted by Crippen LogP contribution is 2.21. The van der Waals surface area contributed by atoms with E-state index in [4.69, 9.17) is 0 Å². The number of carboxylic acids is 1. The van der Waals surface area contributed by atoms with Gasteiger partial charge >= 0.3 is 5.97 Å². The number of carbonyl (C=O) groups is 2. The molecule has 2 aromatic rings. The van der Waals surface area contributed by atoms with E-state index in [1.807, 2.05) is 6.07 Å². The first-order chi connectivity index (χ1) is 17.8. The zero-order valence-electron chi connectivity index (χ0n) is 20.4. The number of aliphatic carboxylic acids is 1. The van der Waals surface area contributed by atoms with Crippen molar-refractivity contribution < 1.29 is 23.1 Å². The lowest BCUT2D eigenvalue weighted by atomic mass is 10.0. The van der Waals surface area contributed by atoms with E-state index in [9.17, 15) is 23.1 Å². The van der Waals surface area contributed by atoms with Crippen LogP contribution in [-0.2, 0) is 14.8 Å². The number of nitrogens with zero attached hydrogens (tertiary/aromatic N) is 2. The Bertz CT molecular complexity index is 1240. The average molecular weight is 529 g/mol. The molecule has 1 amide bonds. The largest absolute Gasteiger partial charge is 0.480 e. The van der Waals surface area contributed by atoms with Crippen LogP contribution in [0.15, 0.2) is 64.5 Å². The first-order valence-electron chi connectivity index (χ1n) is 12.3. The molecule has 4 rings (SSSR count). The molecule has 0 bridgehead atoms. The molecule has 198 valence electrons. The highest BCUT2D eigenvalue weighted by Gasteiger charge is 2.26. The van der Waals surface area contributed by atoms with Crippen molar-refractivity contribution in [2.75, 3.05) is 37.6 Å². The summed E-state index contributed by atoms with van der Waals surface area (Å²) < 4.78 is 27.2. The van der Waals surface area contributed by atoms with Gasteiger partial charge in [-0.3, -0.25) is 14.6 Å². The van der Waals surface area contributed by atoms with Crippen LogP contribution in [-0.4, -0.2) is 76.2 Å². The molecule has 0 radical (unpaired) electrons. The van der Waals surface area contributed by atoms with Gasteiger partial charge in [-0.15, -0.1) is 0 Å². The number of carbonyl (C=O) groups excluding carboxylic acids is 1. The molecule has 0 spiro atoms. The van der Waals surface area contributed by atoms with Crippen LogP contribution in [0.4, 0.5) is 5.69 Å². The minimum Gasteiger partial charge on any atom is -0.480 e. The fourth-order valence-electron chi connectivity index (χ4n) is 4.33. The fraction of sp³-hybridized carbons (Fsp3) is 0.400. The monoisotopic (exact) mass is 528 g/mol. The predicted octanol–water partition coefficient (Wildman–Crippen LogP) is 0.756. The molecule has 0 aromatic heterocycles. The van der Waals surface area contributed by atoms with Crippen molar-refractivity contribution in [1.82, 2.24) is 20.7 Å². The summed E-state index contributed by atoms with van der Waals surface area (Å²) >= 11 is 0. The van der Waals surface area contributed by atoms with Crippen LogP contribution in [0.25, 0.3) is 0 Å². The third kappa shape index (κ3) is 7.20. The quantitative estimate of drug-likeness (QED) is 0.320. The summed E-state index contributed by atoms with van der Waals surface area (Å²) in [6, 6.07) is 13.3. The molecular weight excluding hydrogens is 496 g/mol. The van der Waals surface area contributed by atoms with Crippen LogP contribution in [0.2, 0.25) is 0 Å². The Morgan fingerprint density at radius 3 is 2.68 bits per heavy atom. The van der Waals surface area contributed by atoms with Crippen molar-refractivity contribution in [2.45, 2.75) is 36.2 Å². The summed E-state index contributed by atoms with van der Waals surface area (Å²) in [4.78, 5) is 31.2. The van der Waals surface area contributed by atoms with Gasteiger partial charge in [-0.2, -0.15) is 4.72 Å².